The highest BCUT2D eigenvalue weighted by Crippen LogP contribution is 2.16. The number of allylic oxidation sites excluding steroid dienone is 18. The minimum Gasteiger partial charge on any atom is -0.462 e. The first-order valence-electron chi connectivity index (χ1n) is 33.9. The summed E-state index contributed by atoms with van der Waals surface area (Å²) in [5, 5.41) is 0. The van der Waals surface area contributed by atoms with Crippen LogP contribution in [-0.2, 0) is 28.6 Å². The van der Waals surface area contributed by atoms with Crippen molar-refractivity contribution in [2.75, 3.05) is 13.2 Å². The Labute approximate surface area is 495 Å². The maximum absolute atomic E-state index is 12.9. The Morgan fingerprint density at radius 1 is 0.263 bits per heavy atom. The lowest BCUT2D eigenvalue weighted by Gasteiger charge is -2.18. The number of rotatable bonds is 61. The van der Waals surface area contributed by atoms with Crippen molar-refractivity contribution in [1.82, 2.24) is 0 Å². The molecule has 0 amide bonds. The molecule has 0 aliphatic heterocycles. The van der Waals surface area contributed by atoms with Gasteiger partial charge in [0.1, 0.15) is 13.2 Å². The van der Waals surface area contributed by atoms with Gasteiger partial charge in [-0.05, 0) is 109 Å². The van der Waals surface area contributed by atoms with Crippen molar-refractivity contribution in [3.05, 3.63) is 109 Å². The van der Waals surface area contributed by atoms with E-state index in [1.54, 1.807) is 0 Å². The summed E-state index contributed by atoms with van der Waals surface area (Å²) < 4.78 is 16.9. The zero-order valence-electron chi connectivity index (χ0n) is 52.6. The van der Waals surface area contributed by atoms with Crippen LogP contribution in [0.2, 0.25) is 0 Å². The van der Waals surface area contributed by atoms with Crippen molar-refractivity contribution in [3.8, 4) is 0 Å². The van der Waals surface area contributed by atoms with E-state index in [1.165, 1.54) is 161 Å². The second-order valence-corrected chi connectivity index (χ2v) is 22.4. The fourth-order valence-electron chi connectivity index (χ4n) is 9.45. The molecule has 0 rings (SSSR count). The molecule has 0 aliphatic carbocycles. The predicted octanol–water partition coefficient (Wildman–Crippen LogP) is 23.4. The third-order valence-corrected chi connectivity index (χ3v) is 14.5. The van der Waals surface area contributed by atoms with Crippen LogP contribution in [-0.4, -0.2) is 37.2 Å². The number of esters is 3. The van der Waals surface area contributed by atoms with Crippen LogP contribution < -0.4 is 0 Å². The topological polar surface area (TPSA) is 78.9 Å². The van der Waals surface area contributed by atoms with E-state index in [-0.39, 0.29) is 31.1 Å². The number of hydrogen-bond acceptors (Lipinski definition) is 6. The molecule has 0 aromatic rings. The molecule has 0 aliphatic rings. The Kier molecular flexibility index (Phi) is 64.3. The first-order valence-corrected chi connectivity index (χ1v) is 33.9. The highest BCUT2D eigenvalue weighted by molar-refractivity contribution is 5.71. The molecule has 0 radical (unpaired) electrons. The SMILES string of the molecule is CC/C=C\C/C=C\C/C=C\C/C=C\C/C=C\C/C=C\CCCCCCC(=O)OC(COC(=O)CCCCCCCCCC)COC(=O)CCCCCCCCCCCCCCCCCC/C=C\C/C=C\C/C=C\CCCCCCC. The molecule has 1 unspecified atom stereocenters. The fraction of sp³-hybridized carbons (Fsp3) is 0.716. The number of carbonyl (C=O) groups is 3. The Hall–Kier alpha value is -3.93. The summed E-state index contributed by atoms with van der Waals surface area (Å²) in [6.45, 7) is 6.49. The normalized spacial score (nSPS) is 12.8. The smallest absolute Gasteiger partial charge is 0.306 e. The molecule has 6 heteroatoms. The highest BCUT2D eigenvalue weighted by atomic mass is 16.6. The monoisotopic (exact) mass is 1110 g/mol. The molecule has 0 saturated heterocycles. The Morgan fingerprint density at radius 2 is 0.487 bits per heavy atom. The van der Waals surface area contributed by atoms with Gasteiger partial charge in [0.2, 0.25) is 0 Å². The lowest BCUT2D eigenvalue weighted by atomic mass is 10.0. The van der Waals surface area contributed by atoms with Crippen molar-refractivity contribution in [1.29, 1.82) is 0 Å². The van der Waals surface area contributed by atoms with Crippen LogP contribution in [0.1, 0.15) is 323 Å². The van der Waals surface area contributed by atoms with E-state index >= 15 is 0 Å². The van der Waals surface area contributed by atoms with Crippen LogP contribution in [0, 0.1) is 0 Å². The van der Waals surface area contributed by atoms with Crippen LogP contribution in [0.15, 0.2) is 109 Å². The zero-order valence-corrected chi connectivity index (χ0v) is 52.6. The molecule has 0 aromatic heterocycles. The largest absolute Gasteiger partial charge is 0.462 e. The van der Waals surface area contributed by atoms with Crippen LogP contribution >= 0.6 is 0 Å². The fourth-order valence-corrected chi connectivity index (χ4v) is 9.45. The van der Waals surface area contributed by atoms with E-state index in [0.717, 1.165) is 122 Å². The molecule has 0 N–H and O–H groups in total. The molecule has 0 heterocycles. The second-order valence-electron chi connectivity index (χ2n) is 22.4. The summed E-state index contributed by atoms with van der Waals surface area (Å²) in [7, 11) is 0. The van der Waals surface area contributed by atoms with E-state index in [4.69, 9.17) is 14.2 Å². The molecule has 458 valence electrons. The van der Waals surface area contributed by atoms with Gasteiger partial charge in [0.25, 0.3) is 0 Å². The van der Waals surface area contributed by atoms with Crippen molar-refractivity contribution in [2.24, 2.45) is 0 Å². The Balaban J connectivity index is 4.16. The number of hydrogen-bond donors (Lipinski definition) is 0. The van der Waals surface area contributed by atoms with Gasteiger partial charge in [0.15, 0.2) is 6.10 Å². The molecule has 0 bridgehead atoms. The Morgan fingerprint density at radius 3 is 0.762 bits per heavy atom. The lowest BCUT2D eigenvalue weighted by molar-refractivity contribution is -0.167. The molecule has 0 spiro atoms. The summed E-state index contributed by atoms with van der Waals surface area (Å²) in [5.41, 5.74) is 0. The minimum atomic E-state index is -0.791. The van der Waals surface area contributed by atoms with Gasteiger partial charge in [0.05, 0.1) is 0 Å². The summed E-state index contributed by atoms with van der Waals surface area (Å²) in [4.78, 5) is 38.2. The van der Waals surface area contributed by atoms with Crippen LogP contribution in [0.25, 0.3) is 0 Å². The van der Waals surface area contributed by atoms with E-state index in [1.807, 2.05) is 0 Å². The number of ether oxygens (including phenoxy) is 3. The van der Waals surface area contributed by atoms with Gasteiger partial charge in [-0.25, -0.2) is 0 Å². The van der Waals surface area contributed by atoms with Crippen LogP contribution in [0.4, 0.5) is 0 Å². The van der Waals surface area contributed by atoms with Gasteiger partial charge in [0, 0.05) is 19.3 Å². The predicted molar refractivity (Wildman–Crippen MR) is 348 cm³/mol. The molecule has 0 fully saturated rings. The average Bonchev–Trinajstić information content (AvgIpc) is 3.46. The maximum atomic E-state index is 12.9. The molecule has 80 heavy (non-hydrogen) atoms. The molecule has 1 atom stereocenters. The van der Waals surface area contributed by atoms with E-state index in [9.17, 15) is 14.4 Å². The molecule has 0 aromatic carbocycles. The molecular weight excluding hydrogens is 985 g/mol. The van der Waals surface area contributed by atoms with Gasteiger partial charge < -0.3 is 14.2 Å². The number of unbranched alkanes of at least 4 members (excludes halogenated alkanes) is 32. The third-order valence-electron chi connectivity index (χ3n) is 14.5. The van der Waals surface area contributed by atoms with Crippen molar-refractivity contribution < 1.29 is 28.6 Å². The standard InChI is InChI=1S/C74H126O6/c1-4-7-10-13-16-19-21-23-25-27-29-31-33-34-35-36-37-38-39-40-42-43-45-47-49-51-53-55-58-61-64-67-73(76)79-70-71(69-78-72(75)66-63-60-57-18-15-12-9-6-3)80-74(77)68-65-62-59-56-54-52-50-48-46-44-41-32-30-28-26-24-22-20-17-14-11-8-5-2/h8,11,17,20-21,23-24,26-27,29-30,32-34,44,46,50,52,71H,4-7,9-10,12-16,18-19,22,25,28,31,35-43,45,47-49,51,53-70H2,1-3H3/b11-8-,20-17-,23-21-,26-24-,29-27-,32-30-,34-33-,46-44-,52-50-. The van der Waals surface area contributed by atoms with Crippen molar-refractivity contribution >= 4 is 17.9 Å². The molecule has 0 saturated carbocycles. The van der Waals surface area contributed by atoms with Gasteiger partial charge in [-0.1, -0.05) is 304 Å². The molecule has 6 nitrogen and oxygen atoms in total. The first kappa shape index (κ1) is 76.1. The quantitative estimate of drug-likeness (QED) is 0.0261. The van der Waals surface area contributed by atoms with Gasteiger partial charge in [-0.2, -0.15) is 0 Å². The number of carbonyl (C=O) groups excluding carboxylic acids is 3. The Bertz CT molecular complexity index is 1610. The van der Waals surface area contributed by atoms with Gasteiger partial charge >= 0.3 is 17.9 Å². The van der Waals surface area contributed by atoms with Crippen molar-refractivity contribution in [3.63, 3.8) is 0 Å². The zero-order chi connectivity index (χ0) is 57.8. The van der Waals surface area contributed by atoms with E-state index in [2.05, 4.69) is 130 Å². The molecular formula is C74H126O6. The summed E-state index contributed by atoms with van der Waals surface area (Å²) >= 11 is 0. The van der Waals surface area contributed by atoms with Crippen molar-refractivity contribution in [2.45, 2.75) is 329 Å². The summed E-state index contributed by atoms with van der Waals surface area (Å²) in [6, 6.07) is 0. The third kappa shape index (κ3) is 64.9. The van der Waals surface area contributed by atoms with Gasteiger partial charge in [-0.3, -0.25) is 14.4 Å². The van der Waals surface area contributed by atoms with Crippen LogP contribution in [0.3, 0.4) is 0 Å². The lowest BCUT2D eigenvalue weighted by Crippen LogP contribution is -2.30. The summed E-state index contributed by atoms with van der Waals surface area (Å²) in [6.07, 6.45) is 92.7. The second kappa shape index (κ2) is 67.6. The maximum Gasteiger partial charge on any atom is 0.306 e. The highest BCUT2D eigenvalue weighted by Gasteiger charge is 2.19. The summed E-state index contributed by atoms with van der Waals surface area (Å²) in [5.74, 6) is -0.908. The minimum absolute atomic E-state index is 0.0869. The average molecular weight is 1110 g/mol. The first-order chi connectivity index (χ1) is 39.5. The van der Waals surface area contributed by atoms with E-state index < -0.39 is 6.10 Å². The van der Waals surface area contributed by atoms with E-state index in [0.29, 0.717) is 19.3 Å². The van der Waals surface area contributed by atoms with Gasteiger partial charge in [-0.15, -0.1) is 0 Å². The van der Waals surface area contributed by atoms with Crippen LogP contribution in [0.5, 0.6) is 0 Å².